The maximum atomic E-state index is 13.6. The fourth-order valence-corrected chi connectivity index (χ4v) is 2.34. The molecule has 0 unspecified atom stereocenters. The molecular formula is C19H12ClFN4O. The molecule has 0 saturated heterocycles. The van der Waals surface area contributed by atoms with E-state index < -0.39 is 11.7 Å². The van der Waals surface area contributed by atoms with Gasteiger partial charge in [-0.05, 0) is 42.5 Å². The molecule has 5 nitrogen and oxygen atoms in total. The van der Waals surface area contributed by atoms with E-state index in [0.717, 1.165) is 5.69 Å². The maximum absolute atomic E-state index is 13.6. The van der Waals surface area contributed by atoms with Crippen LogP contribution in [-0.4, -0.2) is 15.7 Å². The zero-order chi connectivity index (χ0) is 18.5. The van der Waals surface area contributed by atoms with E-state index in [0.29, 0.717) is 10.6 Å². The summed E-state index contributed by atoms with van der Waals surface area (Å²) in [6, 6.07) is 14.6. The number of amides is 1. The van der Waals surface area contributed by atoms with Gasteiger partial charge in [0.1, 0.15) is 17.5 Å². The zero-order valence-electron chi connectivity index (χ0n) is 13.4. The van der Waals surface area contributed by atoms with Crippen molar-refractivity contribution in [2.45, 2.75) is 0 Å². The lowest BCUT2D eigenvalue weighted by Gasteiger charge is -2.04. The summed E-state index contributed by atoms with van der Waals surface area (Å²) < 4.78 is 15.2. The van der Waals surface area contributed by atoms with Crippen LogP contribution in [0.5, 0.6) is 0 Å². The molecule has 0 saturated carbocycles. The van der Waals surface area contributed by atoms with Gasteiger partial charge in [0, 0.05) is 16.8 Å². The Morgan fingerprint density at radius 1 is 1.23 bits per heavy atom. The number of carbonyl (C=O) groups excluding carboxylic acids is 1. The number of nitriles is 1. The predicted octanol–water partition coefficient (Wildman–Crippen LogP) is 4.21. The van der Waals surface area contributed by atoms with Crippen LogP contribution >= 0.6 is 11.6 Å². The second kappa shape index (κ2) is 7.64. The smallest absolute Gasteiger partial charge is 0.266 e. The van der Waals surface area contributed by atoms with Crippen LogP contribution in [-0.2, 0) is 4.79 Å². The SMILES string of the molecule is N#C/C(=C\c1cnn(-c2ccc(Cl)cc2)c1)C(=O)Nc1ccccc1F. The highest BCUT2D eigenvalue weighted by molar-refractivity contribution is 6.30. The standard InChI is InChI=1S/C19H12ClFN4O/c20-15-5-7-16(8-6-15)25-12-13(11-23-25)9-14(10-22)19(26)24-18-4-2-1-3-17(18)21/h1-9,11-12H,(H,24,26)/b14-9+. The normalized spacial score (nSPS) is 11.0. The van der Waals surface area contributed by atoms with Crippen molar-refractivity contribution in [2.24, 2.45) is 0 Å². The van der Waals surface area contributed by atoms with E-state index in [1.54, 1.807) is 41.2 Å². The van der Waals surface area contributed by atoms with Gasteiger partial charge in [-0.25, -0.2) is 9.07 Å². The Bertz CT molecular complexity index is 1020. The Hall–Kier alpha value is -3.43. The van der Waals surface area contributed by atoms with E-state index in [2.05, 4.69) is 10.4 Å². The van der Waals surface area contributed by atoms with Gasteiger partial charge in [-0.1, -0.05) is 23.7 Å². The van der Waals surface area contributed by atoms with Gasteiger partial charge in [-0.3, -0.25) is 4.79 Å². The second-order valence-corrected chi connectivity index (χ2v) is 5.73. The van der Waals surface area contributed by atoms with E-state index in [9.17, 15) is 14.4 Å². The Morgan fingerprint density at radius 2 is 1.96 bits per heavy atom. The lowest BCUT2D eigenvalue weighted by molar-refractivity contribution is -0.112. The molecule has 7 heteroatoms. The fourth-order valence-electron chi connectivity index (χ4n) is 2.21. The Kier molecular flexibility index (Phi) is 5.11. The molecule has 0 radical (unpaired) electrons. The summed E-state index contributed by atoms with van der Waals surface area (Å²) in [7, 11) is 0. The largest absolute Gasteiger partial charge is 0.319 e. The van der Waals surface area contributed by atoms with Gasteiger partial charge in [0.2, 0.25) is 0 Å². The second-order valence-electron chi connectivity index (χ2n) is 5.30. The van der Waals surface area contributed by atoms with Crippen LogP contribution in [0.4, 0.5) is 10.1 Å². The minimum absolute atomic E-state index is 0.00973. The fraction of sp³-hybridized carbons (Fsp3) is 0. The highest BCUT2D eigenvalue weighted by atomic mass is 35.5. The minimum Gasteiger partial charge on any atom is -0.319 e. The van der Waals surface area contributed by atoms with Crippen LogP contribution in [0.25, 0.3) is 11.8 Å². The third-order valence-corrected chi connectivity index (χ3v) is 3.74. The number of carbonyl (C=O) groups is 1. The molecule has 0 spiro atoms. The highest BCUT2D eigenvalue weighted by Gasteiger charge is 2.12. The molecule has 0 aliphatic heterocycles. The van der Waals surface area contributed by atoms with Crippen molar-refractivity contribution in [2.75, 3.05) is 5.32 Å². The number of para-hydroxylation sites is 1. The third kappa shape index (κ3) is 3.97. The van der Waals surface area contributed by atoms with Crippen LogP contribution in [0.3, 0.4) is 0 Å². The van der Waals surface area contributed by atoms with Gasteiger partial charge in [-0.2, -0.15) is 10.4 Å². The highest BCUT2D eigenvalue weighted by Crippen LogP contribution is 2.16. The third-order valence-electron chi connectivity index (χ3n) is 3.49. The zero-order valence-corrected chi connectivity index (χ0v) is 14.1. The summed E-state index contributed by atoms with van der Waals surface area (Å²) in [4.78, 5) is 12.2. The molecule has 1 amide bonds. The Labute approximate surface area is 153 Å². The first-order chi connectivity index (χ1) is 12.6. The predicted molar refractivity (Wildman–Crippen MR) is 97.2 cm³/mol. The van der Waals surface area contributed by atoms with E-state index in [4.69, 9.17) is 11.6 Å². The van der Waals surface area contributed by atoms with Crippen LogP contribution in [0.15, 0.2) is 66.5 Å². The van der Waals surface area contributed by atoms with Gasteiger partial charge < -0.3 is 5.32 Å². The summed E-state index contributed by atoms with van der Waals surface area (Å²) >= 11 is 5.86. The minimum atomic E-state index is -0.697. The van der Waals surface area contributed by atoms with Gasteiger partial charge in [0.15, 0.2) is 0 Å². The number of nitrogens with one attached hydrogen (secondary N) is 1. The van der Waals surface area contributed by atoms with Crippen LogP contribution < -0.4 is 5.32 Å². The monoisotopic (exact) mass is 366 g/mol. The molecule has 1 N–H and O–H groups in total. The number of benzene rings is 2. The molecule has 26 heavy (non-hydrogen) atoms. The lowest BCUT2D eigenvalue weighted by Crippen LogP contribution is -2.14. The lowest BCUT2D eigenvalue weighted by atomic mass is 10.2. The topological polar surface area (TPSA) is 70.7 Å². The molecule has 1 aromatic heterocycles. The average Bonchev–Trinajstić information content (AvgIpc) is 3.10. The Balaban J connectivity index is 1.81. The van der Waals surface area contributed by atoms with E-state index in [1.165, 1.54) is 30.5 Å². The molecule has 3 aromatic rings. The van der Waals surface area contributed by atoms with Crippen LogP contribution in [0, 0.1) is 17.1 Å². The summed E-state index contributed by atoms with van der Waals surface area (Å²) in [5.41, 5.74) is 1.18. The van der Waals surface area contributed by atoms with E-state index >= 15 is 0 Å². The van der Waals surface area contributed by atoms with Crippen LogP contribution in [0.1, 0.15) is 5.56 Å². The summed E-state index contributed by atoms with van der Waals surface area (Å²) in [5.74, 6) is -1.27. The molecule has 2 aromatic carbocycles. The first-order valence-electron chi connectivity index (χ1n) is 7.55. The number of nitrogens with zero attached hydrogens (tertiary/aromatic N) is 3. The van der Waals surface area contributed by atoms with Crippen molar-refractivity contribution in [1.29, 1.82) is 5.26 Å². The summed E-state index contributed by atoms with van der Waals surface area (Å²) in [5, 5.41) is 16.4. The van der Waals surface area contributed by atoms with Gasteiger partial charge >= 0.3 is 0 Å². The Morgan fingerprint density at radius 3 is 2.65 bits per heavy atom. The molecule has 0 fully saturated rings. The number of anilines is 1. The average molecular weight is 367 g/mol. The maximum Gasteiger partial charge on any atom is 0.266 e. The quantitative estimate of drug-likeness (QED) is 0.555. The molecule has 128 valence electrons. The molecule has 0 atom stereocenters. The van der Waals surface area contributed by atoms with E-state index in [-0.39, 0.29) is 11.3 Å². The number of hydrogen-bond donors (Lipinski definition) is 1. The van der Waals surface area contributed by atoms with Crippen molar-refractivity contribution in [1.82, 2.24) is 9.78 Å². The summed E-state index contributed by atoms with van der Waals surface area (Å²) in [6.07, 6.45) is 4.56. The van der Waals surface area contributed by atoms with Gasteiger partial charge in [0.05, 0.1) is 17.6 Å². The van der Waals surface area contributed by atoms with E-state index in [1.807, 2.05) is 6.07 Å². The van der Waals surface area contributed by atoms with Gasteiger partial charge in [0.25, 0.3) is 5.91 Å². The van der Waals surface area contributed by atoms with Crippen molar-refractivity contribution in [3.63, 3.8) is 0 Å². The first-order valence-corrected chi connectivity index (χ1v) is 7.93. The first kappa shape index (κ1) is 17.4. The number of aromatic nitrogens is 2. The van der Waals surface area contributed by atoms with Crippen molar-refractivity contribution in [3.05, 3.63) is 82.9 Å². The molecule has 0 aliphatic carbocycles. The van der Waals surface area contributed by atoms with Crippen molar-refractivity contribution < 1.29 is 9.18 Å². The molecule has 0 aliphatic rings. The molecule has 1 heterocycles. The van der Waals surface area contributed by atoms with Gasteiger partial charge in [-0.15, -0.1) is 0 Å². The molecule has 0 bridgehead atoms. The number of rotatable bonds is 4. The van der Waals surface area contributed by atoms with Crippen molar-refractivity contribution >= 4 is 29.3 Å². The van der Waals surface area contributed by atoms with Crippen LogP contribution in [0.2, 0.25) is 5.02 Å². The number of halogens is 2. The summed E-state index contributed by atoms with van der Waals surface area (Å²) in [6.45, 7) is 0. The molecular weight excluding hydrogens is 355 g/mol. The molecule has 3 rings (SSSR count). The number of hydrogen-bond acceptors (Lipinski definition) is 3. The van der Waals surface area contributed by atoms with Crippen molar-refractivity contribution in [3.8, 4) is 11.8 Å².